The fraction of sp³-hybridized carbons (Fsp3) is 0.176. The Kier molecular flexibility index (Phi) is 4.49. The number of rotatable bonds is 4. The summed E-state index contributed by atoms with van der Waals surface area (Å²) in [6, 6.07) is 9.56. The van der Waals surface area contributed by atoms with E-state index in [4.69, 9.17) is 11.6 Å². The molecule has 0 spiro atoms. The first-order valence-corrected chi connectivity index (χ1v) is 7.64. The van der Waals surface area contributed by atoms with E-state index in [0.29, 0.717) is 23.2 Å². The summed E-state index contributed by atoms with van der Waals surface area (Å²) in [5.41, 5.74) is 0.436. The molecule has 7 heteroatoms. The van der Waals surface area contributed by atoms with Crippen LogP contribution in [0.5, 0.6) is 0 Å². The highest BCUT2D eigenvalue weighted by Gasteiger charge is 2.48. The fourth-order valence-corrected chi connectivity index (χ4v) is 2.58. The number of anilines is 2. The van der Waals surface area contributed by atoms with Crippen molar-refractivity contribution in [3.8, 4) is 0 Å². The third-order valence-electron chi connectivity index (χ3n) is 3.75. The molecule has 1 saturated carbocycles. The van der Waals surface area contributed by atoms with E-state index in [9.17, 15) is 18.4 Å². The standard InChI is InChI=1S/C17H13ClF2N2O2/c18-9-2-1-3-11(6-9)21-16(23)12-8-13(12)17(24)22-15-5-4-10(19)7-14(15)20/h1-7,12-13H,8H2,(H,21,23)(H,22,24). The van der Waals surface area contributed by atoms with Gasteiger partial charge in [0.05, 0.1) is 17.5 Å². The summed E-state index contributed by atoms with van der Waals surface area (Å²) in [6.45, 7) is 0. The van der Waals surface area contributed by atoms with Crippen LogP contribution in [0.4, 0.5) is 20.2 Å². The summed E-state index contributed by atoms with van der Waals surface area (Å²) in [6.07, 6.45) is 0.376. The molecule has 2 aromatic rings. The number of benzene rings is 2. The minimum Gasteiger partial charge on any atom is -0.326 e. The largest absolute Gasteiger partial charge is 0.326 e. The summed E-state index contributed by atoms with van der Waals surface area (Å²) in [7, 11) is 0. The highest BCUT2D eigenvalue weighted by Crippen LogP contribution is 2.40. The number of carbonyl (C=O) groups is 2. The van der Waals surface area contributed by atoms with Crippen LogP contribution >= 0.6 is 11.6 Å². The second kappa shape index (κ2) is 6.57. The van der Waals surface area contributed by atoms with E-state index < -0.39 is 29.4 Å². The Labute approximate surface area is 141 Å². The SMILES string of the molecule is O=C(Nc1cccc(Cl)c1)C1CC1C(=O)Nc1ccc(F)cc1F. The van der Waals surface area contributed by atoms with Crippen molar-refractivity contribution < 1.29 is 18.4 Å². The maximum atomic E-state index is 13.5. The lowest BCUT2D eigenvalue weighted by molar-refractivity contribution is -0.122. The van der Waals surface area contributed by atoms with Crippen LogP contribution in [0, 0.1) is 23.5 Å². The summed E-state index contributed by atoms with van der Waals surface area (Å²) in [5, 5.41) is 5.55. The summed E-state index contributed by atoms with van der Waals surface area (Å²) in [4.78, 5) is 24.2. The van der Waals surface area contributed by atoms with E-state index in [1.807, 2.05) is 0 Å². The Bertz CT molecular complexity index is 813. The van der Waals surface area contributed by atoms with Gasteiger partial charge in [-0.1, -0.05) is 17.7 Å². The Hall–Kier alpha value is -2.47. The van der Waals surface area contributed by atoms with E-state index in [1.54, 1.807) is 24.3 Å². The van der Waals surface area contributed by atoms with Gasteiger partial charge in [-0.05, 0) is 36.8 Å². The minimum absolute atomic E-state index is 0.109. The van der Waals surface area contributed by atoms with Gasteiger partial charge in [0, 0.05) is 16.8 Å². The van der Waals surface area contributed by atoms with Crippen LogP contribution in [0.25, 0.3) is 0 Å². The molecule has 0 radical (unpaired) electrons. The molecule has 1 aliphatic rings. The number of amides is 2. The molecule has 0 aliphatic heterocycles. The van der Waals surface area contributed by atoms with Gasteiger partial charge in [0.15, 0.2) is 0 Å². The lowest BCUT2D eigenvalue weighted by Gasteiger charge is -2.07. The monoisotopic (exact) mass is 350 g/mol. The van der Waals surface area contributed by atoms with Crippen LogP contribution in [0.2, 0.25) is 5.02 Å². The van der Waals surface area contributed by atoms with Gasteiger partial charge < -0.3 is 10.6 Å². The van der Waals surface area contributed by atoms with Crippen molar-refractivity contribution in [2.24, 2.45) is 11.8 Å². The molecular weight excluding hydrogens is 338 g/mol. The topological polar surface area (TPSA) is 58.2 Å². The van der Waals surface area contributed by atoms with Crippen molar-refractivity contribution in [2.75, 3.05) is 10.6 Å². The van der Waals surface area contributed by atoms with Crippen LogP contribution in [0.3, 0.4) is 0 Å². The second-order valence-electron chi connectivity index (χ2n) is 5.56. The number of nitrogens with one attached hydrogen (secondary N) is 2. The molecule has 2 unspecified atom stereocenters. The van der Waals surface area contributed by atoms with Crippen LogP contribution in [0.15, 0.2) is 42.5 Å². The van der Waals surface area contributed by atoms with Gasteiger partial charge in [0.25, 0.3) is 0 Å². The van der Waals surface area contributed by atoms with Crippen molar-refractivity contribution in [1.29, 1.82) is 0 Å². The third-order valence-corrected chi connectivity index (χ3v) is 3.98. The van der Waals surface area contributed by atoms with Crippen molar-refractivity contribution >= 4 is 34.8 Å². The molecule has 2 atom stereocenters. The zero-order valence-electron chi connectivity index (χ0n) is 12.4. The predicted octanol–water partition coefficient (Wildman–Crippen LogP) is 3.83. The van der Waals surface area contributed by atoms with Gasteiger partial charge >= 0.3 is 0 Å². The zero-order valence-corrected chi connectivity index (χ0v) is 13.1. The number of hydrogen-bond acceptors (Lipinski definition) is 2. The Morgan fingerprint density at radius 3 is 2.38 bits per heavy atom. The molecule has 0 bridgehead atoms. The van der Waals surface area contributed by atoms with E-state index in [0.717, 1.165) is 12.1 Å². The van der Waals surface area contributed by atoms with Gasteiger partial charge in [-0.15, -0.1) is 0 Å². The van der Waals surface area contributed by atoms with Gasteiger partial charge in [-0.25, -0.2) is 8.78 Å². The fourth-order valence-electron chi connectivity index (χ4n) is 2.39. The maximum absolute atomic E-state index is 13.5. The van der Waals surface area contributed by atoms with E-state index in [1.165, 1.54) is 0 Å². The second-order valence-corrected chi connectivity index (χ2v) is 6.00. The van der Waals surface area contributed by atoms with Crippen molar-refractivity contribution in [1.82, 2.24) is 0 Å². The Morgan fingerprint density at radius 1 is 1.00 bits per heavy atom. The van der Waals surface area contributed by atoms with Gasteiger partial charge in [0.2, 0.25) is 11.8 Å². The zero-order chi connectivity index (χ0) is 17.3. The molecule has 0 heterocycles. The highest BCUT2D eigenvalue weighted by atomic mass is 35.5. The molecule has 24 heavy (non-hydrogen) atoms. The van der Waals surface area contributed by atoms with Crippen LogP contribution in [0.1, 0.15) is 6.42 Å². The molecule has 124 valence electrons. The van der Waals surface area contributed by atoms with Crippen LogP contribution in [-0.4, -0.2) is 11.8 Å². The van der Waals surface area contributed by atoms with Gasteiger partial charge in [0.1, 0.15) is 11.6 Å². The molecule has 3 rings (SSSR count). The molecule has 4 nitrogen and oxygen atoms in total. The molecular formula is C17H13ClF2N2O2. The summed E-state index contributed by atoms with van der Waals surface area (Å²) < 4.78 is 26.4. The summed E-state index contributed by atoms with van der Waals surface area (Å²) >= 11 is 5.84. The third kappa shape index (κ3) is 3.71. The molecule has 2 aromatic carbocycles. The lowest BCUT2D eigenvalue weighted by atomic mass is 10.2. The minimum atomic E-state index is -0.857. The first-order chi connectivity index (χ1) is 11.4. The molecule has 0 aromatic heterocycles. The van der Waals surface area contributed by atoms with E-state index >= 15 is 0 Å². The molecule has 2 amide bonds. The van der Waals surface area contributed by atoms with E-state index in [2.05, 4.69) is 10.6 Å². The van der Waals surface area contributed by atoms with Crippen LogP contribution < -0.4 is 10.6 Å². The van der Waals surface area contributed by atoms with Crippen LogP contribution in [-0.2, 0) is 9.59 Å². The van der Waals surface area contributed by atoms with Gasteiger partial charge in [-0.3, -0.25) is 9.59 Å². The smallest absolute Gasteiger partial charge is 0.228 e. The average Bonchev–Trinajstić information content (AvgIpc) is 3.31. The number of hydrogen-bond donors (Lipinski definition) is 2. The normalized spacial score (nSPS) is 18.8. The molecule has 1 aliphatic carbocycles. The maximum Gasteiger partial charge on any atom is 0.228 e. The lowest BCUT2D eigenvalue weighted by Crippen LogP contribution is -2.21. The first-order valence-electron chi connectivity index (χ1n) is 7.26. The Morgan fingerprint density at radius 2 is 1.71 bits per heavy atom. The van der Waals surface area contributed by atoms with Crippen molar-refractivity contribution in [3.05, 3.63) is 59.1 Å². The quantitative estimate of drug-likeness (QED) is 0.880. The molecule has 1 fully saturated rings. The number of halogens is 3. The highest BCUT2D eigenvalue weighted by molar-refractivity contribution is 6.30. The van der Waals surface area contributed by atoms with Crippen molar-refractivity contribution in [3.63, 3.8) is 0 Å². The average molecular weight is 351 g/mol. The predicted molar refractivity (Wildman–Crippen MR) is 86.7 cm³/mol. The summed E-state index contributed by atoms with van der Waals surface area (Å²) in [5.74, 6) is -3.36. The molecule has 0 saturated heterocycles. The van der Waals surface area contributed by atoms with E-state index in [-0.39, 0.29) is 11.6 Å². The van der Waals surface area contributed by atoms with Gasteiger partial charge in [-0.2, -0.15) is 0 Å². The Balaban J connectivity index is 1.58. The number of carbonyl (C=O) groups excluding carboxylic acids is 2. The molecule has 2 N–H and O–H groups in total. The van der Waals surface area contributed by atoms with Crippen molar-refractivity contribution in [2.45, 2.75) is 6.42 Å². The first kappa shape index (κ1) is 16.4.